The summed E-state index contributed by atoms with van der Waals surface area (Å²) in [6.07, 6.45) is 1.09. The maximum atomic E-state index is 12.1. The van der Waals surface area contributed by atoms with Gasteiger partial charge in [-0.1, -0.05) is 0 Å². The maximum Gasteiger partial charge on any atom is 0.253 e. The minimum Gasteiger partial charge on any atom is -0.399 e. The molecule has 1 aromatic carbocycles. The smallest absolute Gasteiger partial charge is 0.253 e. The van der Waals surface area contributed by atoms with Crippen LogP contribution >= 0.6 is 0 Å². The van der Waals surface area contributed by atoms with E-state index in [2.05, 4.69) is 0 Å². The van der Waals surface area contributed by atoms with E-state index in [-0.39, 0.29) is 16.5 Å². The number of hydrogen-bond donors (Lipinski definition) is 1. The highest BCUT2D eigenvalue weighted by Crippen LogP contribution is 2.18. The van der Waals surface area contributed by atoms with Gasteiger partial charge in [0, 0.05) is 30.6 Å². The molecule has 0 saturated carbocycles. The van der Waals surface area contributed by atoms with Gasteiger partial charge in [0.1, 0.15) is 0 Å². The molecule has 1 amide bonds. The number of nitrogens with two attached hydrogens (primary N) is 1. The highest BCUT2D eigenvalue weighted by molar-refractivity contribution is 7.90. The summed E-state index contributed by atoms with van der Waals surface area (Å²) in [6.45, 7) is 4.87. The number of sulfone groups is 1. The average molecular weight is 270 g/mol. The Morgan fingerprint density at radius 2 is 1.78 bits per heavy atom. The monoisotopic (exact) mass is 270 g/mol. The Balaban J connectivity index is 3.26. The second kappa shape index (κ2) is 5.39. The minimum atomic E-state index is -3.37. The first-order valence-electron chi connectivity index (χ1n) is 5.69. The van der Waals surface area contributed by atoms with Crippen LogP contribution in [0.4, 0.5) is 5.69 Å². The third-order valence-corrected chi connectivity index (χ3v) is 3.75. The van der Waals surface area contributed by atoms with Gasteiger partial charge >= 0.3 is 0 Å². The molecule has 0 unspecified atom stereocenters. The predicted octanol–water partition coefficient (Wildman–Crippen LogP) is 1.15. The van der Waals surface area contributed by atoms with Gasteiger partial charge in [-0.2, -0.15) is 0 Å². The number of benzene rings is 1. The van der Waals surface area contributed by atoms with Crippen molar-refractivity contribution in [3.8, 4) is 0 Å². The summed E-state index contributed by atoms with van der Waals surface area (Å²) in [5.41, 5.74) is 6.22. The molecule has 0 spiro atoms. The first-order valence-corrected chi connectivity index (χ1v) is 7.58. The largest absolute Gasteiger partial charge is 0.399 e. The molecule has 0 aliphatic carbocycles. The molecule has 1 rings (SSSR count). The molecule has 6 heteroatoms. The van der Waals surface area contributed by atoms with Gasteiger partial charge in [0.25, 0.3) is 5.91 Å². The van der Waals surface area contributed by atoms with Crippen molar-refractivity contribution in [2.24, 2.45) is 0 Å². The van der Waals surface area contributed by atoms with Gasteiger partial charge in [-0.3, -0.25) is 4.79 Å². The van der Waals surface area contributed by atoms with Gasteiger partial charge in [0.05, 0.1) is 4.90 Å². The zero-order chi connectivity index (χ0) is 13.9. The molecule has 0 aliphatic rings. The summed E-state index contributed by atoms with van der Waals surface area (Å²) in [7, 11) is -3.37. The molecular weight excluding hydrogens is 252 g/mol. The lowest BCUT2D eigenvalue weighted by atomic mass is 10.1. The SMILES string of the molecule is CCN(CC)C(=O)c1cc(N)cc(S(C)(=O)=O)c1. The lowest BCUT2D eigenvalue weighted by molar-refractivity contribution is 0.0773. The summed E-state index contributed by atoms with van der Waals surface area (Å²) in [4.78, 5) is 13.8. The van der Waals surface area contributed by atoms with E-state index in [0.717, 1.165) is 6.26 Å². The molecule has 0 aliphatic heterocycles. The van der Waals surface area contributed by atoms with E-state index in [1.807, 2.05) is 13.8 Å². The summed E-state index contributed by atoms with van der Waals surface area (Å²) < 4.78 is 23.0. The lowest BCUT2D eigenvalue weighted by Gasteiger charge is -2.19. The van der Waals surface area contributed by atoms with Crippen LogP contribution in [0.15, 0.2) is 23.1 Å². The normalized spacial score (nSPS) is 11.3. The van der Waals surface area contributed by atoms with Crippen LogP contribution in [0, 0.1) is 0 Å². The first kappa shape index (κ1) is 14.5. The van der Waals surface area contributed by atoms with Crippen LogP contribution in [0.25, 0.3) is 0 Å². The van der Waals surface area contributed by atoms with Crippen molar-refractivity contribution in [1.29, 1.82) is 0 Å². The maximum absolute atomic E-state index is 12.1. The van der Waals surface area contributed by atoms with Crippen LogP contribution < -0.4 is 5.73 Å². The van der Waals surface area contributed by atoms with E-state index in [9.17, 15) is 13.2 Å². The molecule has 0 aromatic heterocycles. The average Bonchev–Trinajstić information content (AvgIpc) is 2.28. The van der Waals surface area contributed by atoms with Gasteiger partial charge in [-0.15, -0.1) is 0 Å². The van der Waals surface area contributed by atoms with Gasteiger partial charge in [0.2, 0.25) is 0 Å². The Morgan fingerprint density at radius 1 is 1.22 bits per heavy atom. The summed E-state index contributed by atoms with van der Waals surface area (Å²) in [6, 6.07) is 4.22. The summed E-state index contributed by atoms with van der Waals surface area (Å²) in [5.74, 6) is -0.211. The number of nitrogen functional groups attached to an aromatic ring is 1. The van der Waals surface area contributed by atoms with Crippen LogP contribution in [-0.2, 0) is 9.84 Å². The van der Waals surface area contributed by atoms with Crippen molar-refractivity contribution in [3.63, 3.8) is 0 Å². The number of nitrogens with zero attached hydrogens (tertiary/aromatic N) is 1. The molecule has 18 heavy (non-hydrogen) atoms. The van der Waals surface area contributed by atoms with E-state index in [1.165, 1.54) is 18.2 Å². The zero-order valence-electron chi connectivity index (χ0n) is 10.8. The fourth-order valence-electron chi connectivity index (χ4n) is 1.65. The fraction of sp³-hybridized carbons (Fsp3) is 0.417. The molecule has 0 heterocycles. The van der Waals surface area contributed by atoms with E-state index < -0.39 is 9.84 Å². The number of anilines is 1. The molecule has 100 valence electrons. The van der Waals surface area contributed by atoms with Gasteiger partial charge in [-0.25, -0.2) is 8.42 Å². The van der Waals surface area contributed by atoms with Crippen LogP contribution in [0.2, 0.25) is 0 Å². The molecule has 0 atom stereocenters. The minimum absolute atomic E-state index is 0.0676. The highest BCUT2D eigenvalue weighted by Gasteiger charge is 2.16. The van der Waals surface area contributed by atoms with Crippen molar-refractivity contribution in [2.45, 2.75) is 18.7 Å². The Labute approximate surface area is 108 Å². The second-order valence-corrected chi connectivity index (χ2v) is 6.06. The molecular formula is C12H18N2O3S. The lowest BCUT2D eigenvalue weighted by Crippen LogP contribution is -2.30. The molecule has 5 nitrogen and oxygen atoms in total. The number of carbonyl (C=O) groups is 1. The van der Waals surface area contributed by atoms with E-state index in [1.54, 1.807) is 4.90 Å². The molecule has 0 fully saturated rings. The Kier molecular flexibility index (Phi) is 4.34. The van der Waals surface area contributed by atoms with Crippen LogP contribution in [0.1, 0.15) is 24.2 Å². The fourth-order valence-corrected chi connectivity index (χ4v) is 2.34. The van der Waals surface area contributed by atoms with Crippen molar-refractivity contribution in [1.82, 2.24) is 4.90 Å². The van der Waals surface area contributed by atoms with Crippen LogP contribution in [-0.4, -0.2) is 38.6 Å². The first-order chi connectivity index (χ1) is 8.29. The molecule has 1 aromatic rings. The third kappa shape index (κ3) is 3.22. The van der Waals surface area contributed by atoms with Crippen molar-refractivity contribution >= 4 is 21.4 Å². The Morgan fingerprint density at radius 3 is 2.22 bits per heavy atom. The quantitative estimate of drug-likeness (QED) is 0.832. The van der Waals surface area contributed by atoms with Gasteiger partial charge in [0.15, 0.2) is 9.84 Å². The van der Waals surface area contributed by atoms with E-state index >= 15 is 0 Å². The third-order valence-electron chi connectivity index (χ3n) is 2.65. The Hall–Kier alpha value is -1.56. The second-order valence-electron chi connectivity index (χ2n) is 4.04. The predicted molar refractivity (Wildman–Crippen MR) is 71.2 cm³/mol. The highest BCUT2D eigenvalue weighted by atomic mass is 32.2. The molecule has 0 radical (unpaired) electrons. The van der Waals surface area contributed by atoms with E-state index in [4.69, 9.17) is 5.73 Å². The van der Waals surface area contributed by atoms with Crippen molar-refractivity contribution in [2.75, 3.05) is 25.1 Å². The molecule has 0 saturated heterocycles. The zero-order valence-corrected chi connectivity index (χ0v) is 11.6. The van der Waals surface area contributed by atoms with Crippen molar-refractivity contribution < 1.29 is 13.2 Å². The van der Waals surface area contributed by atoms with E-state index in [0.29, 0.717) is 18.7 Å². The van der Waals surface area contributed by atoms with Crippen LogP contribution in [0.5, 0.6) is 0 Å². The number of amides is 1. The summed E-state index contributed by atoms with van der Waals surface area (Å²) >= 11 is 0. The molecule has 2 N–H and O–H groups in total. The number of rotatable bonds is 4. The number of hydrogen-bond acceptors (Lipinski definition) is 4. The topological polar surface area (TPSA) is 80.5 Å². The molecule has 0 bridgehead atoms. The summed E-state index contributed by atoms with van der Waals surface area (Å²) in [5, 5.41) is 0. The van der Waals surface area contributed by atoms with Gasteiger partial charge in [-0.05, 0) is 32.0 Å². The van der Waals surface area contributed by atoms with Crippen LogP contribution in [0.3, 0.4) is 0 Å². The standard InChI is InChI=1S/C12H18N2O3S/c1-4-14(5-2)12(15)9-6-10(13)8-11(7-9)18(3,16)17/h6-8H,4-5,13H2,1-3H3. The van der Waals surface area contributed by atoms with Gasteiger partial charge < -0.3 is 10.6 Å². The number of carbonyl (C=O) groups excluding carboxylic acids is 1. The van der Waals surface area contributed by atoms with Crippen molar-refractivity contribution in [3.05, 3.63) is 23.8 Å². The Bertz CT molecular complexity index is 548.